The minimum atomic E-state index is -4.67. The number of anilines is 2. The average molecular weight is 869 g/mol. The van der Waals surface area contributed by atoms with Crippen LogP contribution in [-0.2, 0) is 15.8 Å². The van der Waals surface area contributed by atoms with Gasteiger partial charge in [0.15, 0.2) is 0 Å². The molecule has 3 N–H and O–H groups in total. The van der Waals surface area contributed by atoms with Gasteiger partial charge in [0.25, 0.3) is 17.7 Å². The molecule has 0 radical (unpaired) electrons. The lowest BCUT2D eigenvalue weighted by Crippen LogP contribution is -2.54. The number of piperidine rings is 1. The molecular weight excluding hydrogens is 818 g/mol. The first-order chi connectivity index (χ1) is 30.2. The van der Waals surface area contributed by atoms with Gasteiger partial charge in [-0.05, 0) is 125 Å². The highest BCUT2D eigenvalue weighted by Crippen LogP contribution is 2.55. The van der Waals surface area contributed by atoms with Crippen molar-refractivity contribution in [2.45, 2.75) is 101 Å². The predicted octanol–water partition coefficient (Wildman–Crippen LogP) is 7.23. The van der Waals surface area contributed by atoms with Gasteiger partial charge in [-0.1, -0.05) is 12.1 Å². The molecule has 1 spiro atoms. The number of rotatable bonds is 11. The Morgan fingerprint density at radius 1 is 0.937 bits per heavy atom. The van der Waals surface area contributed by atoms with Gasteiger partial charge in [-0.25, -0.2) is 4.98 Å². The van der Waals surface area contributed by atoms with Crippen LogP contribution in [0.2, 0.25) is 0 Å². The van der Waals surface area contributed by atoms with Gasteiger partial charge in [0, 0.05) is 48.9 Å². The topological polar surface area (TPSA) is 168 Å². The van der Waals surface area contributed by atoms with Crippen molar-refractivity contribution in [2.24, 2.45) is 17.3 Å². The first kappa shape index (κ1) is 42.5. The summed E-state index contributed by atoms with van der Waals surface area (Å²) in [6.45, 7) is 1.76. The van der Waals surface area contributed by atoms with Crippen LogP contribution in [0, 0.1) is 17.3 Å². The highest BCUT2D eigenvalue weighted by Gasteiger charge is 2.48. The summed E-state index contributed by atoms with van der Waals surface area (Å²) in [6.07, 6.45) is 8.66. The molecular formula is C46H51F3N8O6. The monoisotopic (exact) mass is 868 g/mol. The summed E-state index contributed by atoms with van der Waals surface area (Å²) in [7, 11) is 3.72. The number of alkyl halides is 3. The molecule has 1 unspecified atom stereocenters. The van der Waals surface area contributed by atoms with Gasteiger partial charge >= 0.3 is 6.18 Å². The summed E-state index contributed by atoms with van der Waals surface area (Å²) >= 11 is 0. The Balaban J connectivity index is 0.727. The number of amides is 5. The summed E-state index contributed by atoms with van der Waals surface area (Å²) in [5, 5.41) is 14.0. The third-order valence-corrected chi connectivity index (χ3v) is 14.2. The number of carbonyl (C=O) groups excluding carboxylic acids is 5. The number of hydrogen-bond donors (Lipinski definition) is 3. The standard InChI is InChI=1S/C46H51F3N8O6/c1-55(24-26-9-11-30(12-10-26)56-25-28-19-35(37(63-2)20-34(28)54-56)52-41(59)33-7-4-8-38(51-33)46(47,48)49)29-15-17-45(18-16-29)21-27(22-45)23-50-32-6-3-5-31-40(32)44(62)57(43(31)61)36-13-14-39(58)53-42(36)60/h3-8,19-20,25-27,29-30,36,50H,9-18,21-24H2,1-2H3,(H,52,59)(H,53,58,60)/t26-,27-,29-,30-,36?,45?. The summed E-state index contributed by atoms with van der Waals surface area (Å²) in [5.74, 6) is -1.39. The van der Waals surface area contributed by atoms with Gasteiger partial charge in [0.1, 0.15) is 23.2 Å². The Kier molecular flexibility index (Phi) is 11.3. The second-order valence-electron chi connectivity index (χ2n) is 18.3. The van der Waals surface area contributed by atoms with E-state index in [0.717, 1.165) is 67.5 Å². The predicted molar refractivity (Wildman–Crippen MR) is 226 cm³/mol. The van der Waals surface area contributed by atoms with Crippen LogP contribution in [0.25, 0.3) is 10.9 Å². The summed E-state index contributed by atoms with van der Waals surface area (Å²) in [6, 6.07) is 11.6. The Morgan fingerprint density at radius 3 is 2.40 bits per heavy atom. The maximum atomic E-state index is 13.5. The van der Waals surface area contributed by atoms with Crippen LogP contribution >= 0.6 is 0 Å². The van der Waals surface area contributed by atoms with Crippen molar-refractivity contribution in [1.29, 1.82) is 0 Å². The van der Waals surface area contributed by atoms with Crippen molar-refractivity contribution in [1.82, 2.24) is 29.9 Å². The molecule has 2 aliphatic heterocycles. The number of carbonyl (C=O) groups is 5. The second kappa shape index (κ2) is 16.7. The lowest BCUT2D eigenvalue weighted by molar-refractivity contribution is -0.141. The van der Waals surface area contributed by atoms with E-state index in [4.69, 9.17) is 9.84 Å². The Morgan fingerprint density at radius 2 is 1.68 bits per heavy atom. The first-order valence-electron chi connectivity index (χ1n) is 21.9. The summed E-state index contributed by atoms with van der Waals surface area (Å²) < 4.78 is 47.1. The molecule has 3 aliphatic carbocycles. The SMILES string of the molecule is COc1cc2nn([C@H]3CC[C@H](CN(C)[C@H]4CCC5(CC4)C[C@@H](CNc4cccc6c4C(=O)N(C4CCC(=O)NC4=O)C6=O)C5)CC3)cc2cc1NC(=O)c1cccc(C(F)(F)F)n1. The molecule has 1 atom stereocenters. The van der Waals surface area contributed by atoms with Crippen molar-refractivity contribution in [3.8, 4) is 5.75 Å². The van der Waals surface area contributed by atoms with Gasteiger partial charge < -0.3 is 20.3 Å². The third-order valence-electron chi connectivity index (χ3n) is 14.2. The fourth-order valence-corrected chi connectivity index (χ4v) is 10.9. The van der Waals surface area contributed by atoms with Crippen molar-refractivity contribution < 1.29 is 41.9 Å². The van der Waals surface area contributed by atoms with Crippen molar-refractivity contribution >= 4 is 51.8 Å². The third kappa shape index (κ3) is 8.39. The van der Waals surface area contributed by atoms with Crippen LogP contribution < -0.4 is 20.7 Å². The van der Waals surface area contributed by atoms with E-state index in [1.807, 2.05) is 16.9 Å². The largest absolute Gasteiger partial charge is 0.494 e. The van der Waals surface area contributed by atoms with Crippen molar-refractivity contribution in [3.63, 3.8) is 0 Å². The number of benzene rings is 2. The van der Waals surface area contributed by atoms with Crippen molar-refractivity contribution in [3.05, 3.63) is 77.2 Å². The minimum Gasteiger partial charge on any atom is -0.494 e. The molecule has 63 heavy (non-hydrogen) atoms. The highest BCUT2D eigenvalue weighted by atomic mass is 19.4. The van der Waals surface area contributed by atoms with Crippen LogP contribution in [0.5, 0.6) is 5.75 Å². The molecule has 14 nitrogen and oxygen atoms in total. The summed E-state index contributed by atoms with van der Waals surface area (Å²) in [5.41, 5.74) is 1.07. The van der Waals surface area contributed by atoms with E-state index in [2.05, 4.69) is 32.9 Å². The lowest BCUT2D eigenvalue weighted by atomic mass is 9.55. The van der Waals surface area contributed by atoms with Crippen LogP contribution in [0.3, 0.4) is 0 Å². The smallest absolute Gasteiger partial charge is 0.433 e. The van der Waals surface area contributed by atoms with Crippen LogP contribution in [0.15, 0.2) is 54.7 Å². The number of pyridine rings is 1. The van der Waals surface area contributed by atoms with E-state index in [1.54, 1.807) is 24.3 Å². The van der Waals surface area contributed by atoms with E-state index in [0.29, 0.717) is 58.0 Å². The zero-order valence-electron chi connectivity index (χ0n) is 35.3. The number of imide groups is 2. The Hall–Kier alpha value is -5.84. The number of nitrogens with one attached hydrogen (secondary N) is 3. The molecule has 332 valence electrons. The fourth-order valence-electron chi connectivity index (χ4n) is 10.9. The molecule has 9 rings (SSSR count). The number of methoxy groups -OCH3 is 1. The average Bonchev–Trinajstić information content (AvgIpc) is 3.79. The Labute approximate surface area is 362 Å². The molecule has 4 aromatic rings. The molecule has 2 aromatic heterocycles. The van der Waals surface area contributed by atoms with Gasteiger partial charge in [0.2, 0.25) is 11.8 Å². The van der Waals surface area contributed by atoms with Crippen LogP contribution in [0.1, 0.15) is 120 Å². The van der Waals surface area contributed by atoms with E-state index < -0.39 is 47.4 Å². The van der Waals surface area contributed by atoms with Crippen molar-refractivity contribution in [2.75, 3.05) is 37.9 Å². The normalized spacial score (nSPS) is 26.2. The molecule has 17 heteroatoms. The molecule has 5 amide bonds. The van der Waals surface area contributed by atoms with E-state index in [9.17, 15) is 37.1 Å². The number of hydrogen-bond acceptors (Lipinski definition) is 10. The van der Waals surface area contributed by atoms with E-state index in [1.165, 1.54) is 38.9 Å². The number of halogens is 3. The minimum absolute atomic E-state index is 0.0811. The first-order valence-corrected chi connectivity index (χ1v) is 21.9. The van der Waals surface area contributed by atoms with Gasteiger partial charge in [-0.15, -0.1) is 0 Å². The number of ether oxygens (including phenoxy) is 1. The zero-order valence-corrected chi connectivity index (χ0v) is 35.3. The van der Waals surface area contributed by atoms with Gasteiger partial charge in [-0.3, -0.25) is 38.9 Å². The molecule has 0 bridgehead atoms. The fraction of sp³-hybridized carbons (Fsp3) is 0.500. The molecule has 2 aromatic carbocycles. The van der Waals surface area contributed by atoms with Crippen LogP contribution in [0.4, 0.5) is 24.5 Å². The molecule has 4 fully saturated rings. The number of aromatic nitrogens is 3. The lowest BCUT2D eigenvalue weighted by Gasteiger charge is -2.53. The quantitative estimate of drug-likeness (QED) is 0.131. The molecule has 5 aliphatic rings. The molecule has 3 saturated carbocycles. The zero-order chi connectivity index (χ0) is 44.2. The van der Waals surface area contributed by atoms with E-state index in [-0.39, 0.29) is 30.1 Å². The molecule has 1 saturated heterocycles. The van der Waals surface area contributed by atoms with Gasteiger partial charge in [0.05, 0.1) is 35.5 Å². The van der Waals surface area contributed by atoms with Crippen LogP contribution in [-0.4, -0.2) is 93.4 Å². The second-order valence-corrected chi connectivity index (χ2v) is 18.3. The highest BCUT2D eigenvalue weighted by molar-refractivity contribution is 6.25. The van der Waals surface area contributed by atoms with Gasteiger partial charge in [-0.2, -0.15) is 18.3 Å². The number of nitrogens with zero attached hydrogens (tertiary/aromatic N) is 5. The number of fused-ring (bicyclic) bond motifs is 2. The molecule has 4 heterocycles. The maximum absolute atomic E-state index is 13.5. The van der Waals surface area contributed by atoms with E-state index >= 15 is 0 Å². The summed E-state index contributed by atoms with van der Waals surface area (Å²) in [4.78, 5) is 70.9. The maximum Gasteiger partial charge on any atom is 0.433 e. The Bertz CT molecular complexity index is 2460.